The topological polar surface area (TPSA) is 12.0 Å². The van der Waals surface area contributed by atoms with Crippen LogP contribution in [-0.4, -0.2) is 6.54 Å². The molecule has 0 spiro atoms. The molecule has 1 atom stereocenters. The fourth-order valence-corrected chi connectivity index (χ4v) is 3.38. The molecular weight excluding hydrogens is 320 g/mol. The third-order valence-corrected chi connectivity index (χ3v) is 4.39. The van der Waals surface area contributed by atoms with Crippen LogP contribution in [0.2, 0.25) is 0 Å². The molecule has 1 unspecified atom stereocenters. The Hall–Kier alpha value is -0.780. The van der Waals surface area contributed by atoms with Crippen molar-refractivity contribution in [2.75, 3.05) is 6.54 Å². The molecule has 0 radical (unpaired) electrons. The molecule has 2 rings (SSSR count). The first-order chi connectivity index (χ1) is 8.63. The summed E-state index contributed by atoms with van der Waals surface area (Å²) in [4.78, 5) is 0. The Labute approximate surface area is 117 Å². The monoisotopic (exact) mass is 331 g/mol. The number of benzene rings is 1. The normalized spacial score (nSPS) is 12.7. The van der Waals surface area contributed by atoms with Gasteiger partial charge in [-0.15, -0.1) is 0 Å². The first kappa shape index (κ1) is 13.6. The van der Waals surface area contributed by atoms with E-state index in [1.165, 1.54) is 12.1 Å². The van der Waals surface area contributed by atoms with Crippen molar-refractivity contribution in [3.63, 3.8) is 0 Å². The molecule has 0 aliphatic rings. The van der Waals surface area contributed by atoms with Crippen molar-refractivity contribution in [2.24, 2.45) is 0 Å². The highest BCUT2D eigenvalue weighted by molar-refractivity contribution is 9.10. The van der Waals surface area contributed by atoms with E-state index in [9.17, 15) is 8.78 Å². The Morgan fingerprint density at radius 2 is 2.06 bits per heavy atom. The average Bonchev–Trinajstić information content (AvgIpc) is 2.73. The Morgan fingerprint density at radius 3 is 2.61 bits per heavy atom. The van der Waals surface area contributed by atoms with Gasteiger partial charge >= 0.3 is 0 Å². The van der Waals surface area contributed by atoms with Crippen molar-refractivity contribution in [3.05, 3.63) is 56.2 Å². The Balaban J connectivity index is 2.45. The highest BCUT2D eigenvalue weighted by Gasteiger charge is 2.20. The summed E-state index contributed by atoms with van der Waals surface area (Å²) in [7, 11) is 0. The van der Waals surface area contributed by atoms with E-state index in [0.717, 1.165) is 16.1 Å². The van der Waals surface area contributed by atoms with E-state index in [-0.39, 0.29) is 6.04 Å². The second kappa shape index (κ2) is 5.91. The van der Waals surface area contributed by atoms with Crippen LogP contribution < -0.4 is 5.32 Å². The standard InChI is InChI=1S/C13H12BrF2NS/c1-2-17-13(10-6-18-7-11(10)14)9-4-3-8(15)5-12(9)16/h3-7,13,17H,2H2,1H3. The first-order valence-corrected chi connectivity index (χ1v) is 7.27. The van der Waals surface area contributed by atoms with E-state index >= 15 is 0 Å². The molecule has 0 fully saturated rings. The molecule has 0 aliphatic heterocycles. The van der Waals surface area contributed by atoms with Gasteiger partial charge in [-0.05, 0) is 39.5 Å². The van der Waals surface area contributed by atoms with Gasteiger partial charge in [0.15, 0.2) is 0 Å². The van der Waals surface area contributed by atoms with Crippen molar-refractivity contribution in [3.8, 4) is 0 Å². The van der Waals surface area contributed by atoms with Gasteiger partial charge in [-0.3, -0.25) is 0 Å². The molecule has 0 amide bonds. The van der Waals surface area contributed by atoms with Crippen molar-refractivity contribution >= 4 is 27.3 Å². The van der Waals surface area contributed by atoms with Gasteiger partial charge < -0.3 is 5.32 Å². The fraction of sp³-hybridized carbons (Fsp3) is 0.231. The smallest absolute Gasteiger partial charge is 0.131 e. The van der Waals surface area contributed by atoms with E-state index in [0.29, 0.717) is 12.1 Å². The van der Waals surface area contributed by atoms with Crippen LogP contribution in [0, 0.1) is 11.6 Å². The van der Waals surface area contributed by atoms with Crippen molar-refractivity contribution < 1.29 is 8.78 Å². The van der Waals surface area contributed by atoms with Gasteiger partial charge in [0.2, 0.25) is 0 Å². The SMILES string of the molecule is CCNC(c1ccc(F)cc1F)c1cscc1Br. The van der Waals surface area contributed by atoms with E-state index in [1.807, 2.05) is 17.7 Å². The molecule has 96 valence electrons. The lowest BCUT2D eigenvalue weighted by atomic mass is 10.0. The number of rotatable bonds is 4. The number of thiophene rings is 1. The second-order valence-corrected chi connectivity index (χ2v) is 5.43. The van der Waals surface area contributed by atoms with E-state index in [1.54, 1.807) is 11.3 Å². The second-order valence-electron chi connectivity index (χ2n) is 3.83. The summed E-state index contributed by atoms with van der Waals surface area (Å²) < 4.78 is 27.7. The third kappa shape index (κ3) is 2.79. The summed E-state index contributed by atoms with van der Waals surface area (Å²) in [5.74, 6) is -1.09. The van der Waals surface area contributed by atoms with Crippen LogP contribution in [0.15, 0.2) is 33.4 Å². The van der Waals surface area contributed by atoms with Gasteiger partial charge in [-0.2, -0.15) is 11.3 Å². The Kier molecular flexibility index (Phi) is 4.48. The zero-order valence-corrected chi connectivity index (χ0v) is 12.1. The Bertz CT molecular complexity index is 542. The number of nitrogens with one attached hydrogen (secondary N) is 1. The van der Waals surface area contributed by atoms with E-state index in [4.69, 9.17) is 0 Å². The van der Waals surface area contributed by atoms with Gasteiger partial charge in [0.25, 0.3) is 0 Å². The van der Waals surface area contributed by atoms with Crippen LogP contribution in [0.5, 0.6) is 0 Å². The lowest BCUT2D eigenvalue weighted by Gasteiger charge is -2.19. The van der Waals surface area contributed by atoms with Crippen LogP contribution in [0.1, 0.15) is 24.1 Å². The van der Waals surface area contributed by atoms with Gasteiger partial charge in [-0.25, -0.2) is 8.78 Å². The number of hydrogen-bond donors (Lipinski definition) is 1. The molecule has 0 bridgehead atoms. The van der Waals surface area contributed by atoms with Gasteiger partial charge in [0.05, 0.1) is 6.04 Å². The van der Waals surface area contributed by atoms with Gasteiger partial charge in [0.1, 0.15) is 11.6 Å². The van der Waals surface area contributed by atoms with Crippen LogP contribution in [0.25, 0.3) is 0 Å². The van der Waals surface area contributed by atoms with Crippen LogP contribution in [0.4, 0.5) is 8.78 Å². The van der Waals surface area contributed by atoms with E-state index < -0.39 is 11.6 Å². The summed E-state index contributed by atoms with van der Waals surface area (Å²) in [6.45, 7) is 2.65. The largest absolute Gasteiger partial charge is 0.306 e. The lowest BCUT2D eigenvalue weighted by Crippen LogP contribution is -2.23. The number of halogens is 3. The predicted octanol–water partition coefficient (Wildman–Crippen LogP) is 4.49. The summed E-state index contributed by atoms with van der Waals surface area (Å²) in [5, 5.41) is 7.12. The fourth-order valence-electron chi connectivity index (χ4n) is 1.82. The molecule has 0 saturated carbocycles. The van der Waals surface area contributed by atoms with Crippen LogP contribution >= 0.6 is 27.3 Å². The molecule has 1 N–H and O–H groups in total. The van der Waals surface area contributed by atoms with Gasteiger partial charge in [-0.1, -0.05) is 13.0 Å². The maximum absolute atomic E-state index is 13.9. The summed E-state index contributed by atoms with van der Waals surface area (Å²) in [5.41, 5.74) is 1.42. The molecule has 2 aromatic rings. The first-order valence-electron chi connectivity index (χ1n) is 5.53. The summed E-state index contributed by atoms with van der Waals surface area (Å²) >= 11 is 4.99. The zero-order chi connectivity index (χ0) is 13.1. The summed E-state index contributed by atoms with van der Waals surface area (Å²) in [6, 6.07) is 3.42. The lowest BCUT2D eigenvalue weighted by molar-refractivity contribution is 0.541. The third-order valence-electron chi connectivity index (χ3n) is 2.64. The summed E-state index contributed by atoms with van der Waals surface area (Å²) in [6.07, 6.45) is 0. The van der Waals surface area contributed by atoms with Crippen LogP contribution in [-0.2, 0) is 0 Å². The van der Waals surface area contributed by atoms with Crippen molar-refractivity contribution in [2.45, 2.75) is 13.0 Å². The van der Waals surface area contributed by atoms with E-state index in [2.05, 4.69) is 21.2 Å². The molecule has 1 nitrogen and oxygen atoms in total. The molecule has 0 saturated heterocycles. The minimum atomic E-state index is -0.559. The molecular formula is C13H12BrF2NS. The maximum Gasteiger partial charge on any atom is 0.131 e. The van der Waals surface area contributed by atoms with Crippen molar-refractivity contribution in [1.29, 1.82) is 0 Å². The van der Waals surface area contributed by atoms with Gasteiger partial charge in [0, 0.05) is 21.5 Å². The molecule has 5 heteroatoms. The highest BCUT2D eigenvalue weighted by Crippen LogP contribution is 2.32. The van der Waals surface area contributed by atoms with Crippen LogP contribution in [0.3, 0.4) is 0 Å². The minimum absolute atomic E-state index is 0.267. The molecule has 1 aromatic carbocycles. The Morgan fingerprint density at radius 1 is 1.28 bits per heavy atom. The molecule has 18 heavy (non-hydrogen) atoms. The van der Waals surface area contributed by atoms with Crippen molar-refractivity contribution in [1.82, 2.24) is 5.32 Å². The zero-order valence-electron chi connectivity index (χ0n) is 9.71. The average molecular weight is 332 g/mol. The number of hydrogen-bond acceptors (Lipinski definition) is 2. The maximum atomic E-state index is 13.9. The molecule has 1 heterocycles. The quantitative estimate of drug-likeness (QED) is 0.870. The highest BCUT2D eigenvalue weighted by atomic mass is 79.9. The minimum Gasteiger partial charge on any atom is -0.306 e. The molecule has 1 aromatic heterocycles. The predicted molar refractivity (Wildman–Crippen MR) is 73.9 cm³/mol. The molecule has 0 aliphatic carbocycles.